The molecule has 2 aromatic carbocycles. The van der Waals surface area contributed by atoms with E-state index in [2.05, 4.69) is 68.3 Å². The van der Waals surface area contributed by atoms with E-state index in [-0.39, 0.29) is 11.8 Å². The predicted molar refractivity (Wildman–Crippen MR) is 105 cm³/mol. The molecule has 0 aromatic heterocycles. The van der Waals surface area contributed by atoms with Gasteiger partial charge in [-0.25, -0.2) is 0 Å². The second-order valence-corrected chi connectivity index (χ2v) is 7.00. The highest BCUT2D eigenvalue weighted by Crippen LogP contribution is 2.46. The first-order valence-corrected chi connectivity index (χ1v) is 9.14. The molecule has 1 saturated carbocycles. The van der Waals surface area contributed by atoms with Crippen molar-refractivity contribution in [2.24, 2.45) is 11.8 Å². The summed E-state index contributed by atoms with van der Waals surface area (Å²) in [6.45, 7) is 4.34. The minimum atomic E-state index is -0.990. The van der Waals surface area contributed by atoms with Crippen molar-refractivity contribution in [2.45, 2.75) is 38.7 Å². The highest BCUT2D eigenvalue weighted by atomic mass is 16.3. The van der Waals surface area contributed by atoms with Crippen molar-refractivity contribution in [3.05, 3.63) is 77.4 Å². The van der Waals surface area contributed by atoms with E-state index in [9.17, 15) is 5.11 Å². The van der Waals surface area contributed by atoms with Crippen molar-refractivity contribution in [1.82, 2.24) is 0 Å². The van der Waals surface area contributed by atoms with Crippen LogP contribution in [0.4, 0.5) is 0 Å². The summed E-state index contributed by atoms with van der Waals surface area (Å²) in [5, 5.41) is 10.9. The van der Waals surface area contributed by atoms with Crippen LogP contribution in [-0.4, -0.2) is 10.7 Å². The molecule has 1 fully saturated rings. The molecule has 3 rings (SSSR count). The molecule has 128 valence electrons. The molecule has 1 nitrogen and oxygen atoms in total. The average Bonchev–Trinajstić information content (AvgIpc) is 2.66. The molecule has 0 amide bonds. The van der Waals surface area contributed by atoms with Gasteiger partial charge < -0.3 is 5.11 Å². The van der Waals surface area contributed by atoms with E-state index in [0.29, 0.717) is 6.42 Å². The minimum absolute atomic E-state index is 0.0867. The van der Waals surface area contributed by atoms with Gasteiger partial charge in [0.15, 0.2) is 0 Å². The number of rotatable bonds is 3. The summed E-state index contributed by atoms with van der Waals surface area (Å²) < 4.78 is 0. The zero-order valence-electron chi connectivity index (χ0n) is 15.1. The third kappa shape index (κ3) is 3.28. The van der Waals surface area contributed by atoms with Crippen molar-refractivity contribution in [1.29, 1.82) is 0 Å². The monoisotopic (exact) mass is 330 g/mol. The first-order chi connectivity index (χ1) is 12.1. The summed E-state index contributed by atoms with van der Waals surface area (Å²) >= 11 is 0. The first kappa shape index (κ1) is 17.5. The van der Waals surface area contributed by atoms with Gasteiger partial charge in [-0.15, -0.1) is 6.42 Å². The van der Waals surface area contributed by atoms with Crippen LogP contribution in [0.5, 0.6) is 0 Å². The van der Waals surface area contributed by atoms with E-state index < -0.39 is 5.60 Å². The van der Waals surface area contributed by atoms with Gasteiger partial charge in [0, 0.05) is 5.92 Å². The molecule has 1 heteroatoms. The molecule has 2 aromatic rings. The van der Waals surface area contributed by atoms with Crippen LogP contribution >= 0.6 is 0 Å². The van der Waals surface area contributed by atoms with Gasteiger partial charge in [0.2, 0.25) is 0 Å². The molecule has 3 unspecified atom stereocenters. The smallest absolute Gasteiger partial charge is 0.128 e. The molecule has 0 spiro atoms. The van der Waals surface area contributed by atoms with Gasteiger partial charge in [-0.05, 0) is 41.9 Å². The van der Waals surface area contributed by atoms with Gasteiger partial charge in [-0.3, -0.25) is 0 Å². The molecule has 1 aliphatic rings. The van der Waals surface area contributed by atoms with E-state index in [4.69, 9.17) is 6.42 Å². The Bertz CT molecular complexity index is 740. The predicted octanol–water partition coefficient (Wildman–Crippen LogP) is 5.31. The zero-order valence-corrected chi connectivity index (χ0v) is 15.1. The standard InChI is InChI=1S/C24H26O/c1-4-22-18(3)21(16-17-24(22,25)5-2)23(19-12-8-6-9-13-19)20-14-10-7-11-15-20/h2,6-15,18,22,25H,4,16-17H2,1,3H3. The summed E-state index contributed by atoms with van der Waals surface area (Å²) in [5.41, 5.74) is 4.18. The molecule has 0 aliphatic heterocycles. The lowest BCUT2D eigenvalue weighted by atomic mass is 9.64. The lowest BCUT2D eigenvalue weighted by Crippen LogP contribution is -2.44. The topological polar surface area (TPSA) is 20.2 Å². The number of terminal acetylenes is 1. The van der Waals surface area contributed by atoms with Gasteiger partial charge in [0.1, 0.15) is 5.60 Å². The lowest BCUT2D eigenvalue weighted by molar-refractivity contribution is -0.00544. The Balaban J connectivity index is 2.17. The van der Waals surface area contributed by atoms with E-state index in [1.165, 1.54) is 22.3 Å². The molecular weight excluding hydrogens is 304 g/mol. The van der Waals surface area contributed by atoms with Crippen LogP contribution in [0, 0.1) is 24.2 Å². The molecule has 1 N–H and O–H groups in total. The lowest BCUT2D eigenvalue weighted by Gasteiger charge is -2.42. The Kier molecular flexibility index (Phi) is 5.11. The average molecular weight is 330 g/mol. The fourth-order valence-electron chi connectivity index (χ4n) is 4.36. The maximum absolute atomic E-state index is 10.9. The molecular formula is C24H26O. The minimum Gasteiger partial charge on any atom is -0.377 e. The number of aliphatic hydroxyl groups is 1. The Hall–Kier alpha value is -2.30. The van der Waals surface area contributed by atoms with Crippen molar-refractivity contribution < 1.29 is 5.11 Å². The molecule has 25 heavy (non-hydrogen) atoms. The van der Waals surface area contributed by atoms with Crippen LogP contribution in [0.1, 0.15) is 44.2 Å². The third-order valence-electron chi connectivity index (χ3n) is 5.68. The molecule has 1 aliphatic carbocycles. The second kappa shape index (κ2) is 7.30. The van der Waals surface area contributed by atoms with E-state index in [1.807, 2.05) is 12.1 Å². The molecule has 3 atom stereocenters. The Morgan fingerprint density at radius 2 is 1.60 bits per heavy atom. The SMILES string of the molecule is C#CC1(O)CCC(=C(c2ccccc2)c2ccccc2)C(C)C1CC. The third-order valence-corrected chi connectivity index (χ3v) is 5.68. The summed E-state index contributed by atoms with van der Waals surface area (Å²) in [6, 6.07) is 21.1. The van der Waals surface area contributed by atoms with Gasteiger partial charge in [0.05, 0.1) is 0 Å². The molecule has 0 bridgehead atoms. The van der Waals surface area contributed by atoms with Crippen LogP contribution in [0.2, 0.25) is 0 Å². The van der Waals surface area contributed by atoms with Crippen molar-refractivity contribution in [2.75, 3.05) is 0 Å². The number of benzene rings is 2. The zero-order chi connectivity index (χ0) is 17.9. The summed E-state index contributed by atoms with van der Waals surface area (Å²) in [5.74, 6) is 3.02. The van der Waals surface area contributed by atoms with E-state index >= 15 is 0 Å². The highest BCUT2D eigenvalue weighted by Gasteiger charge is 2.43. The maximum Gasteiger partial charge on any atom is 0.128 e. The van der Waals surface area contributed by atoms with Crippen LogP contribution in [0.25, 0.3) is 5.57 Å². The van der Waals surface area contributed by atoms with Crippen LogP contribution < -0.4 is 0 Å². The summed E-state index contributed by atoms with van der Waals surface area (Å²) in [4.78, 5) is 0. The van der Waals surface area contributed by atoms with Gasteiger partial charge in [-0.2, -0.15) is 0 Å². The largest absolute Gasteiger partial charge is 0.377 e. The summed E-state index contributed by atoms with van der Waals surface area (Å²) in [6.07, 6.45) is 8.03. The molecule has 0 saturated heterocycles. The van der Waals surface area contributed by atoms with Crippen molar-refractivity contribution in [3.8, 4) is 12.3 Å². The van der Waals surface area contributed by atoms with Crippen LogP contribution in [0.3, 0.4) is 0 Å². The Morgan fingerprint density at radius 1 is 1.08 bits per heavy atom. The quantitative estimate of drug-likeness (QED) is 0.756. The normalized spacial score (nSPS) is 26.1. The van der Waals surface area contributed by atoms with Crippen LogP contribution in [0.15, 0.2) is 66.2 Å². The van der Waals surface area contributed by atoms with Crippen molar-refractivity contribution >= 4 is 5.57 Å². The van der Waals surface area contributed by atoms with Gasteiger partial charge >= 0.3 is 0 Å². The highest BCUT2D eigenvalue weighted by molar-refractivity contribution is 5.82. The van der Waals surface area contributed by atoms with Crippen LogP contribution in [-0.2, 0) is 0 Å². The van der Waals surface area contributed by atoms with Crippen molar-refractivity contribution in [3.63, 3.8) is 0 Å². The van der Waals surface area contributed by atoms with Gasteiger partial charge in [0.25, 0.3) is 0 Å². The Morgan fingerprint density at radius 3 is 2.04 bits per heavy atom. The number of hydrogen-bond donors (Lipinski definition) is 1. The maximum atomic E-state index is 10.9. The Labute approximate surface area is 151 Å². The van der Waals surface area contributed by atoms with E-state index in [1.54, 1.807) is 0 Å². The number of allylic oxidation sites excluding steroid dienone is 1. The molecule has 0 heterocycles. The second-order valence-electron chi connectivity index (χ2n) is 7.00. The molecule has 0 radical (unpaired) electrons. The fourth-order valence-corrected chi connectivity index (χ4v) is 4.36. The fraction of sp³-hybridized carbons (Fsp3) is 0.333. The number of hydrogen-bond acceptors (Lipinski definition) is 1. The first-order valence-electron chi connectivity index (χ1n) is 9.14. The summed E-state index contributed by atoms with van der Waals surface area (Å²) in [7, 11) is 0. The van der Waals surface area contributed by atoms with Gasteiger partial charge in [-0.1, -0.05) is 86.0 Å². The van der Waals surface area contributed by atoms with E-state index in [0.717, 1.165) is 12.8 Å².